The lowest BCUT2D eigenvalue weighted by Crippen LogP contribution is -2.08. The molecule has 0 aliphatic carbocycles. The summed E-state index contributed by atoms with van der Waals surface area (Å²) in [6, 6.07) is 0. The quantitative estimate of drug-likeness (QED) is 0.405. The second-order valence-corrected chi connectivity index (χ2v) is 3.43. The molecule has 0 bridgehead atoms. The third-order valence-electron chi connectivity index (χ3n) is 1.14. The molecule has 4 heteroatoms. The maximum absolute atomic E-state index is 10.8. The molecule has 0 unspecified atom stereocenters. The van der Waals surface area contributed by atoms with Gasteiger partial charge in [-0.15, -0.1) is 23.2 Å². The fourth-order valence-corrected chi connectivity index (χ4v) is 0.671. The van der Waals surface area contributed by atoms with Crippen LogP contribution in [0.1, 0.15) is 13.8 Å². The maximum Gasteiger partial charge on any atom is 0.330 e. The second kappa shape index (κ2) is 6.32. The number of esters is 1. The lowest BCUT2D eigenvalue weighted by Gasteiger charge is -2.04. The average molecular weight is 211 g/mol. The molecule has 0 aromatic carbocycles. The molecule has 0 saturated heterocycles. The van der Waals surface area contributed by atoms with Crippen LogP contribution in [0.25, 0.3) is 0 Å². The summed E-state index contributed by atoms with van der Waals surface area (Å²) in [7, 11) is 0. The number of carbonyl (C=O) groups is 1. The van der Waals surface area contributed by atoms with Crippen LogP contribution in [0.3, 0.4) is 0 Å². The van der Waals surface area contributed by atoms with Gasteiger partial charge in [0.25, 0.3) is 0 Å². The zero-order chi connectivity index (χ0) is 9.56. The fraction of sp³-hybridized carbons (Fsp3) is 0.625. The van der Waals surface area contributed by atoms with E-state index in [9.17, 15) is 4.79 Å². The summed E-state index contributed by atoms with van der Waals surface area (Å²) < 4.78 is 4.64. The largest absolute Gasteiger partial charge is 0.463 e. The Morgan fingerprint density at radius 1 is 1.58 bits per heavy atom. The number of hydrogen-bond donors (Lipinski definition) is 0. The molecule has 0 amide bonds. The Morgan fingerprint density at radius 3 is 2.58 bits per heavy atom. The molecule has 0 aromatic rings. The van der Waals surface area contributed by atoms with E-state index in [0.717, 1.165) is 0 Å². The van der Waals surface area contributed by atoms with E-state index in [2.05, 4.69) is 4.74 Å². The Kier molecular flexibility index (Phi) is 6.21. The summed E-state index contributed by atoms with van der Waals surface area (Å²) in [5.74, 6) is -0.388. The van der Waals surface area contributed by atoms with Crippen molar-refractivity contribution in [3.63, 3.8) is 0 Å². The van der Waals surface area contributed by atoms with E-state index < -0.39 is 0 Å². The zero-order valence-electron chi connectivity index (χ0n) is 7.09. The number of carbonyl (C=O) groups excluding carboxylic acids is 1. The van der Waals surface area contributed by atoms with Crippen molar-refractivity contribution in [2.24, 2.45) is 0 Å². The summed E-state index contributed by atoms with van der Waals surface area (Å²) in [6.07, 6.45) is 2.82. The van der Waals surface area contributed by atoms with Gasteiger partial charge in [0.15, 0.2) is 0 Å². The van der Waals surface area contributed by atoms with Crippen molar-refractivity contribution in [2.45, 2.75) is 24.6 Å². The van der Waals surface area contributed by atoms with E-state index in [4.69, 9.17) is 23.2 Å². The molecule has 0 rings (SSSR count). The SMILES string of the molecule is CCOC(=O)/C=C/[C@H](Cl)[C@@H](C)Cl. The van der Waals surface area contributed by atoms with Crippen molar-refractivity contribution in [2.75, 3.05) is 6.61 Å². The van der Waals surface area contributed by atoms with Crippen LogP contribution in [-0.4, -0.2) is 23.3 Å². The van der Waals surface area contributed by atoms with Gasteiger partial charge in [0, 0.05) is 6.08 Å². The molecule has 0 aromatic heterocycles. The third-order valence-corrected chi connectivity index (χ3v) is 2.07. The molecule has 2 nitrogen and oxygen atoms in total. The van der Waals surface area contributed by atoms with Crippen LogP contribution in [0.15, 0.2) is 12.2 Å². The molecule has 0 saturated carbocycles. The van der Waals surface area contributed by atoms with Crippen LogP contribution in [0.5, 0.6) is 0 Å². The van der Waals surface area contributed by atoms with Crippen LogP contribution in [-0.2, 0) is 9.53 Å². The Labute approximate surface area is 82.5 Å². The maximum atomic E-state index is 10.8. The third kappa shape index (κ3) is 5.44. The van der Waals surface area contributed by atoms with Gasteiger partial charge >= 0.3 is 5.97 Å². The molecular weight excluding hydrogens is 199 g/mol. The highest BCUT2D eigenvalue weighted by Crippen LogP contribution is 2.10. The van der Waals surface area contributed by atoms with E-state index >= 15 is 0 Å². The van der Waals surface area contributed by atoms with E-state index in [-0.39, 0.29) is 16.7 Å². The smallest absolute Gasteiger partial charge is 0.330 e. The topological polar surface area (TPSA) is 26.3 Å². The first-order chi connectivity index (χ1) is 5.57. The summed E-state index contributed by atoms with van der Waals surface area (Å²) in [6.45, 7) is 3.87. The molecule has 0 aliphatic heterocycles. The highest BCUT2D eigenvalue weighted by molar-refractivity contribution is 6.30. The van der Waals surface area contributed by atoms with Crippen molar-refractivity contribution in [1.29, 1.82) is 0 Å². The summed E-state index contributed by atoms with van der Waals surface area (Å²) in [4.78, 5) is 10.8. The number of hydrogen-bond acceptors (Lipinski definition) is 2. The van der Waals surface area contributed by atoms with Crippen LogP contribution in [0, 0.1) is 0 Å². The van der Waals surface area contributed by atoms with Crippen LogP contribution >= 0.6 is 23.2 Å². The van der Waals surface area contributed by atoms with Crippen molar-refractivity contribution < 1.29 is 9.53 Å². The molecule has 0 aliphatic rings. The van der Waals surface area contributed by atoms with Crippen molar-refractivity contribution in [1.82, 2.24) is 0 Å². The lowest BCUT2D eigenvalue weighted by atomic mass is 10.3. The number of halogens is 2. The molecule has 0 fully saturated rings. The van der Waals surface area contributed by atoms with E-state index in [1.54, 1.807) is 13.8 Å². The molecule has 2 atom stereocenters. The van der Waals surface area contributed by atoms with Crippen molar-refractivity contribution in [3.8, 4) is 0 Å². The average Bonchev–Trinajstić information content (AvgIpc) is 2.00. The van der Waals surface area contributed by atoms with Crippen LogP contribution in [0.4, 0.5) is 0 Å². The van der Waals surface area contributed by atoms with Gasteiger partial charge in [-0.1, -0.05) is 6.08 Å². The first-order valence-electron chi connectivity index (χ1n) is 3.71. The Bertz CT molecular complexity index is 166. The van der Waals surface area contributed by atoms with Gasteiger partial charge in [-0.3, -0.25) is 0 Å². The Morgan fingerprint density at radius 2 is 2.17 bits per heavy atom. The van der Waals surface area contributed by atoms with Gasteiger partial charge in [0.1, 0.15) is 0 Å². The van der Waals surface area contributed by atoms with E-state index in [0.29, 0.717) is 6.61 Å². The minimum Gasteiger partial charge on any atom is -0.463 e. The highest BCUT2D eigenvalue weighted by atomic mass is 35.5. The first kappa shape index (κ1) is 11.8. The number of rotatable bonds is 4. The summed E-state index contributed by atoms with van der Waals surface area (Å²) in [5.41, 5.74) is 0. The van der Waals surface area contributed by atoms with Gasteiger partial charge in [0.2, 0.25) is 0 Å². The van der Waals surface area contributed by atoms with E-state index in [1.807, 2.05) is 0 Å². The van der Waals surface area contributed by atoms with E-state index in [1.165, 1.54) is 12.2 Å². The lowest BCUT2D eigenvalue weighted by molar-refractivity contribution is -0.137. The predicted molar refractivity (Wildman–Crippen MR) is 50.7 cm³/mol. The molecule has 12 heavy (non-hydrogen) atoms. The van der Waals surface area contributed by atoms with Crippen LogP contribution in [0.2, 0.25) is 0 Å². The second-order valence-electron chi connectivity index (χ2n) is 2.23. The Hall–Kier alpha value is -0.210. The number of alkyl halides is 2. The molecule has 70 valence electrons. The van der Waals surface area contributed by atoms with Gasteiger partial charge in [-0.05, 0) is 13.8 Å². The molecule has 0 N–H and O–H groups in total. The van der Waals surface area contributed by atoms with Crippen molar-refractivity contribution >= 4 is 29.2 Å². The zero-order valence-corrected chi connectivity index (χ0v) is 8.60. The first-order valence-corrected chi connectivity index (χ1v) is 4.58. The molecule has 0 radical (unpaired) electrons. The number of allylic oxidation sites excluding steroid dienone is 1. The van der Waals surface area contributed by atoms with Gasteiger partial charge in [-0.25, -0.2) is 4.79 Å². The molecule has 0 spiro atoms. The fourth-order valence-electron chi connectivity index (χ4n) is 0.514. The minimum absolute atomic E-state index is 0.197. The van der Waals surface area contributed by atoms with Crippen molar-refractivity contribution in [3.05, 3.63) is 12.2 Å². The molecule has 0 heterocycles. The predicted octanol–water partition coefficient (Wildman–Crippen LogP) is 2.34. The van der Waals surface area contributed by atoms with Gasteiger partial charge in [-0.2, -0.15) is 0 Å². The minimum atomic E-state index is -0.388. The van der Waals surface area contributed by atoms with Crippen LogP contribution < -0.4 is 0 Å². The van der Waals surface area contributed by atoms with Gasteiger partial charge < -0.3 is 4.74 Å². The van der Waals surface area contributed by atoms with Gasteiger partial charge in [0.05, 0.1) is 17.4 Å². The summed E-state index contributed by atoms with van der Waals surface area (Å²) in [5, 5.41) is -0.534. The summed E-state index contributed by atoms with van der Waals surface area (Å²) >= 11 is 11.4. The number of ether oxygens (including phenoxy) is 1. The molecular formula is C8H12Cl2O2. The Balaban J connectivity index is 3.81. The standard InChI is InChI=1S/C8H12Cl2O2/c1-3-12-8(11)5-4-7(10)6(2)9/h4-7H,3H2,1-2H3/b5-4+/t6-,7+/m1/s1. The highest BCUT2D eigenvalue weighted by Gasteiger charge is 2.07. The monoisotopic (exact) mass is 210 g/mol. The normalized spacial score (nSPS) is 16.0.